The van der Waals surface area contributed by atoms with Crippen molar-refractivity contribution in [3.8, 4) is 0 Å². The fourth-order valence-corrected chi connectivity index (χ4v) is 2.33. The molecule has 2 rings (SSSR count). The topological polar surface area (TPSA) is 57.6 Å². The number of halogens is 4. The number of alkyl halides is 3. The second-order valence-electron chi connectivity index (χ2n) is 4.03. The molecule has 1 aromatic carbocycles. The van der Waals surface area contributed by atoms with E-state index >= 15 is 0 Å². The van der Waals surface area contributed by atoms with Crippen molar-refractivity contribution in [2.75, 3.05) is 4.90 Å². The lowest BCUT2D eigenvalue weighted by Gasteiger charge is -2.24. The Hall–Kier alpha value is -1.41. The van der Waals surface area contributed by atoms with Crippen molar-refractivity contribution in [1.29, 1.82) is 0 Å². The molecule has 0 bridgehead atoms. The van der Waals surface area contributed by atoms with Crippen LogP contribution in [0.2, 0.25) is 0 Å². The molecule has 1 heterocycles. The number of rotatable bonds is 0. The highest BCUT2D eigenvalue weighted by Crippen LogP contribution is 2.50. The lowest BCUT2D eigenvalue weighted by atomic mass is 9.95. The van der Waals surface area contributed by atoms with Crippen molar-refractivity contribution in [3.63, 3.8) is 0 Å². The quantitative estimate of drug-likeness (QED) is 0.788. The standard InChI is InChI=1S/C11H7BrF3NO3/c1-5(17)16-8-3-2-6(12)4-7(8)10(19,9(16)18)11(13,14)15/h2-4,19H,1H3. The molecule has 2 amide bonds. The van der Waals surface area contributed by atoms with Gasteiger partial charge in [-0.15, -0.1) is 0 Å². The summed E-state index contributed by atoms with van der Waals surface area (Å²) in [6.45, 7) is 0.950. The van der Waals surface area contributed by atoms with Gasteiger partial charge in [-0.2, -0.15) is 13.2 Å². The Morgan fingerprint density at radius 3 is 2.47 bits per heavy atom. The number of fused-ring (bicyclic) bond motifs is 1. The van der Waals surface area contributed by atoms with E-state index in [0.717, 1.165) is 13.0 Å². The Kier molecular flexibility index (Phi) is 2.98. The first kappa shape index (κ1) is 14.0. The highest BCUT2D eigenvalue weighted by atomic mass is 79.9. The number of carbonyl (C=O) groups is 2. The molecule has 8 heteroatoms. The minimum atomic E-state index is -5.22. The first-order valence-corrected chi connectivity index (χ1v) is 5.84. The molecule has 0 aliphatic carbocycles. The number of hydrogen-bond acceptors (Lipinski definition) is 3. The third kappa shape index (κ3) is 1.78. The number of imide groups is 1. The molecular weight excluding hydrogens is 331 g/mol. The van der Waals surface area contributed by atoms with Crippen LogP contribution in [-0.4, -0.2) is 23.1 Å². The number of amides is 2. The summed E-state index contributed by atoms with van der Waals surface area (Å²) in [5.41, 5.74) is -4.62. The number of hydrogen-bond donors (Lipinski definition) is 1. The molecule has 1 atom stereocenters. The van der Waals surface area contributed by atoms with Crippen molar-refractivity contribution in [2.24, 2.45) is 0 Å². The second-order valence-corrected chi connectivity index (χ2v) is 4.94. The smallest absolute Gasteiger partial charge is 0.368 e. The van der Waals surface area contributed by atoms with Crippen molar-refractivity contribution in [1.82, 2.24) is 0 Å². The van der Waals surface area contributed by atoms with Crippen LogP contribution in [0.3, 0.4) is 0 Å². The largest absolute Gasteiger partial charge is 0.430 e. The highest BCUT2D eigenvalue weighted by molar-refractivity contribution is 9.10. The van der Waals surface area contributed by atoms with Crippen molar-refractivity contribution in [3.05, 3.63) is 28.2 Å². The summed E-state index contributed by atoms with van der Waals surface area (Å²) in [4.78, 5) is 23.5. The van der Waals surface area contributed by atoms with Gasteiger partial charge in [0.05, 0.1) is 5.69 Å². The van der Waals surface area contributed by atoms with Gasteiger partial charge in [0.25, 0.3) is 11.5 Å². The number of benzene rings is 1. The summed E-state index contributed by atoms with van der Waals surface area (Å²) in [5.74, 6) is -2.60. The van der Waals surface area contributed by atoms with Crippen LogP contribution in [0.1, 0.15) is 12.5 Å². The van der Waals surface area contributed by atoms with Gasteiger partial charge in [-0.3, -0.25) is 9.59 Å². The van der Waals surface area contributed by atoms with Gasteiger partial charge in [-0.1, -0.05) is 15.9 Å². The van der Waals surface area contributed by atoms with Crippen LogP contribution >= 0.6 is 15.9 Å². The zero-order chi connectivity index (χ0) is 14.6. The minimum Gasteiger partial charge on any atom is -0.368 e. The minimum absolute atomic E-state index is 0.257. The van der Waals surface area contributed by atoms with E-state index in [1.165, 1.54) is 12.1 Å². The second kappa shape index (κ2) is 4.04. The summed E-state index contributed by atoms with van der Waals surface area (Å²) in [5, 5.41) is 9.80. The molecule has 1 unspecified atom stereocenters. The summed E-state index contributed by atoms with van der Waals surface area (Å²) in [6, 6.07) is 3.52. The van der Waals surface area contributed by atoms with E-state index in [9.17, 15) is 27.9 Å². The molecule has 1 aliphatic rings. The third-order valence-electron chi connectivity index (χ3n) is 2.83. The number of nitrogens with zero attached hydrogens (tertiary/aromatic N) is 1. The molecule has 0 spiro atoms. The Morgan fingerprint density at radius 2 is 2.00 bits per heavy atom. The molecule has 0 radical (unpaired) electrons. The van der Waals surface area contributed by atoms with Gasteiger partial charge in [0.2, 0.25) is 5.91 Å². The molecule has 102 valence electrons. The molecule has 1 aliphatic heterocycles. The average molecular weight is 338 g/mol. The van der Waals surface area contributed by atoms with Crippen molar-refractivity contribution in [2.45, 2.75) is 18.7 Å². The highest BCUT2D eigenvalue weighted by Gasteiger charge is 2.67. The first-order valence-electron chi connectivity index (χ1n) is 5.05. The van der Waals surface area contributed by atoms with Gasteiger partial charge >= 0.3 is 6.18 Å². The Morgan fingerprint density at radius 1 is 1.42 bits per heavy atom. The predicted octanol–water partition coefficient (Wildman–Crippen LogP) is 2.09. The Bertz CT molecular complexity index is 587. The van der Waals surface area contributed by atoms with Crippen LogP contribution in [0.4, 0.5) is 18.9 Å². The van der Waals surface area contributed by atoms with Crippen LogP contribution in [0.25, 0.3) is 0 Å². The van der Waals surface area contributed by atoms with Crippen LogP contribution in [0.15, 0.2) is 22.7 Å². The van der Waals surface area contributed by atoms with Gasteiger partial charge in [0.1, 0.15) is 0 Å². The van der Waals surface area contributed by atoms with E-state index in [4.69, 9.17) is 0 Å². The molecule has 19 heavy (non-hydrogen) atoms. The lowest BCUT2D eigenvalue weighted by Crippen LogP contribution is -2.51. The van der Waals surface area contributed by atoms with Crippen LogP contribution < -0.4 is 4.90 Å². The maximum Gasteiger partial charge on any atom is 0.430 e. The normalized spacial score (nSPS) is 22.6. The van der Waals surface area contributed by atoms with Crippen LogP contribution in [-0.2, 0) is 15.2 Å². The predicted molar refractivity (Wildman–Crippen MR) is 62.3 cm³/mol. The van der Waals surface area contributed by atoms with E-state index in [0.29, 0.717) is 4.90 Å². The van der Waals surface area contributed by atoms with Gasteiger partial charge in [-0.25, -0.2) is 4.90 Å². The summed E-state index contributed by atoms with van der Waals surface area (Å²) < 4.78 is 39.3. The SMILES string of the molecule is CC(=O)N1C(=O)C(O)(C(F)(F)F)c2cc(Br)ccc21. The number of carbonyl (C=O) groups excluding carboxylic acids is 2. The van der Waals surface area contributed by atoms with E-state index < -0.39 is 29.2 Å². The summed E-state index contributed by atoms with van der Waals surface area (Å²) >= 11 is 2.97. The van der Waals surface area contributed by atoms with E-state index in [1.807, 2.05) is 0 Å². The average Bonchev–Trinajstić information content (AvgIpc) is 2.49. The summed E-state index contributed by atoms with van der Waals surface area (Å²) in [7, 11) is 0. The van der Waals surface area contributed by atoms with Gasteiger partial charge in [-0.05, 0) is 18.2 Å². The van der Waals surface area contributed by atoms with Crippen molar-refractivity contribution >= 4 is 33.4 Å². The molecule has 0 aromatic heterocycles. The molecule has 0 saturated heterocycles. The van der Waals surface area contributed by atoms with E-state index in [2.05, 4.69) is 15.9 Å². The van der Waals surface area contributed by atoms with Gasteiger partial charge < -0.3 is 5.11 Å². The molecule has 1 aromatic rings. The summed E-state index contributed by atoms with van der Waals surface area (Å²) in [6.07, 6.45) is -5.22. The monoisotopic (exact) mass is 337 g/mol. The van der Waals surface area contributed by atoms with Crippen LogP contribution in [0, 0.1) is 0 Å². The Balaban J connectivity index is 2.78. The van der Waals surface area contributed by atoms with Gasteiger partial charge in [0, 0.05) is 17.0 Å². The Labute approximate surface area is 113 Å². The fourth-order valence-electron chi connectivity index (χ4n) is 1.97. The first-order chi connectivity index (χ1) is 8.60. The number of aliphatic hydroxyl groups is 1. The molecule has 0 fully saturated rings. The zero-order valence-corrected chi connectivity index (χ0v) is 11.0. The molecular formula is C11H7BrF3NO3. The van der Waals surface area contributed by atoms with Gasteiger partial charge in [0.15, 0.2) is 0 Å². The molecule has 1 N–H and O–H groups in total. The molecule has 0 saturated carbocycles. The number of anilines is 1. The zero-order valence-electron chi connectivity index (χ0n) is 9.45. The van der Waals surface area contributed by atoms with E-state index in [-0.39, 0.29) is 10.2 Å². The fraction of sp³-hybridized carbons (Fsp3) is 0.273. The molecule has 4 nitrogen and oxygen atoms in total. The maximum atomic E-state index is 13.0. The van der Waals surface area contributed by atoms with Crippen LogP contribution in [0.5, 0.6) is 0 Å². The van der Waals surface area contributed by atoms with E-state index in [1.54, 1.807) is 0 Å². The third-order valence-corrected chi connectivity index (χ3v) is 3.32. The lowest BCUT2D eigenvalue weighted by molar-refractivity contribution is -0.253. The van der Waals surface area contributed by atoms with Crippen molar-refractivity contribution < 1.29 is 27.9 Å². The maximum absolute atomic E-state index is 13.0.